The molecule has 1 aliphatic heterocycles. The van der Waals surface area contributed by atoms with Crippen molar-refractivity contribution in [2.24, 2.45) is 4.99 Å². The van der Waals surface area contributed by atoms with Crippen LogP contribution in [-0.2, 0) is 24.2 Å². The van der Waals surface area contributed by atoms with E-state index in [9.17, 15) is 4.39 Å². The lowest BCUT2D eigenvalue weighted by molar-refractivity contribution is 0.117. The van der Waals surface area contributed by atoms with E-state index in [1.165, 1.54) is 12.1 Å². The van der Waals surface area contributed by atoms with Crippen molar-refractivity contribution in [1.29, 1.82) is 0 Å². The molecule has 0 aliphatic carbocycles. The van der Waals surface area contributed by atoms with E-state index in [4.69, 9.17) is 9.73 Å². The van der Waals surface area contributed by atoms with E-state index in [1.54, 1.807) is 18.5 Å². The SMILES string of the molecule is CCc1nncn1CCNC(=NCC1CCCO1)N(C)Cc1ccc(F)cc1. The summed E-state index contributed by atoms with van der Waals surface area (Å²) < 4.78 is 20.9. The number of ether oxygens (including phenoxy) is 1. The van der Waals surface area contributed by atoms with Crippen LogP contribution in [0.4, 0.5) is 4.39 Å². The Morgan fingerprint density at radius 1 is 1.39 bits per heavy atom. The number of nitrogens with one attached hydrogen (secondary N) is 1. The number of aromatic nitrogens is 3. The first-order valence-electron chi connectivity index (χ1n) is 9.88. The third-order valence-electron chi connectivity index (χ3n) is 4.81. The summed E-state index contributed by atoms with van der Waals surface area (Å²) in [5.41, 5.74) is 1.03. The normalized spacial score (nSPS) is 17.1. The van der Waals surface area contributed by atoms with Crippen LogP contribution in [0.2, 0.25) is 0 Å². The lowest BCUT2D eigenvalue weighted by atomic mass is 10.2. The molecule has 0 saturated carbocycles. The summed E-state index contributed by atoms with van der Waals surface area (Å²) in [5.74, 6) is 1.56. The zero-order valence-electron chi connectivity index (χ0n) is 16.6. The summed E-state index contributed by atoms with van der Waals surface area (Å²) >= 11 is 0. The zero-order valence-corrected chi connectivity index (χ0v) is 16.6. The van der Waals surface area contributed by atoms with Crippen LogP contribution in [-0.4, -0.2) is 58.5 Å². The van der Waals surface area contributed by atoms with E-state index >= 15 is 0 Å². The maximum Gasteiger partial charge on any atom is 0.194 e. The highest BCUT2D eigenvalue weighted by Crippen LogP contribution is 2.12. The van der Waals surface area contributed by atoms with Crippen LogP contribution in [0.3, 0.4) is 0 Å². The van der Waals surface area contributed by atoms with Gasteiger partial charge in [-0.2, -0.15) is 0 Å². The molecule has 7 nitrogen and oxygen atoms in total. The molecule has 1 aliphatic rings. The molecule has 8 heteroatoms. The quantitative estimate of drug-likeness (QED) is 0.555. The van der Waals surface area contributed by atoms with Gasteiger partial charge in [0.15, 0.2) is 5.96 Å². The fraction of sp³-hybridized carbons (Fsp3) is 0.550. The van der Waals surface area contributed by atoms with Gasteiger partial charge in [0.1, 0.15) is 18.0 Å². The third kappa shape index (κ3) is 5.76. The molecule has 1 atom stereocenters. The van der Waals surface area contributed by atoms with Gasteiger partial charge in [-0.15, -0.1) is 10.2 Å². The van der Waals surface area contributed by atoms with Crippen LogP contribution in [0.25, 0.3) is 0 Å². The molecule has 1 aromatic carbocycles. The van der Waals surface area contributed by atoms with Crippen LogP contribution < -0.4 is 5.32 Å². The van der Waals surface area contributed by atoms with Gasteiger partial charge in [-0.25, -0.2) is 4.39 Å². The van der Waals surface area contributed by atoms with Gasteiger partial charge in [-0.05, 0) is 30.5 Å². The van der Waals surface area contributed by atoms with Gasteiger partial charge in [0.2, 0.25) is 0 Å². The molecule has 152 valence electrons. The molecule has 1 saturated heterocycles. The van der Waals surface area contributed by atoms with E-state index in [2.05, 4.69) is 27.3 Å². The lowest BCUT2D eigenvalue weighted by Gasteiger charge is -2.23. The zero-order chi connectivity index (χ0) is 19.8. The van der Waals surface area contributed by atoms with Gasteiger partial charge in [0, 0.05) is 39.7 Å². The average molecular weight is 388 g/mol. The third-order valence-corrected chi connectivity index (χ3v) is 4.81. The Kier molecular flexibility index (Phi) is 7.36. The number of hydrogen-bond donors (Lipinski definition) is 1. The molecule has 1 N–H and O–H groups in total. The Balaban J connectivity index is 1.61. The van der Waals surface area contributed by atoms with Gasteiger partial charge < -0.3 is 19.5 Å². The van der Waals surface area contributed by atoms with E-state index < -0.39 is 0 Å². The molecule has 1 unspecified atom stereocenters. The summed E-state index contributed by atoms with van der Waals surface area (Å²) in [4.78, 5) is 6.82. The van der Waals surface area contributed by atoms with Crippen LogP contribution in [0.5, 0.6) is 0 Å². The van der Waals surface area contributed by atoms with Crippen molar-refractivity contribution < 1.29 is 9.13 Å². The Labute approximate surface area is 165 Å². The molecule has 0 amide bonds. The maximum absolute atomic E-state index is 13.2. The highest BCUT2D eigenvalue weighted by Gasteiger charge is 2.16. The maximum atomic E-state index is 13.2. The number of rotatable bonds is 8. The Hall–Kier alpha value is -2.48. The number of hydrogen-bond acceptors (Lipinski definition) is 4. The lowest BCUT2D eigenvalue weighted by Crippen LogP contribution is -2.40. The standard InChI is InChI=1S/C20H29FN6O/c1-3-19-25-24-15-27(19)11-10-22-20(23-13-18-5-4-12-28-18)26(2)14-16-6-8-17(21)9-7-16/h6-9,15,18H,3-5,10-14H2,1-2H3,(H,22,23). The first-order chi connectivity index (χ1) is 13.7. The second kappa shape index (κ2) is 10.2. The van der Waals surface area contributed by atoms with Gasteiger partial charge in [-0.3, -0.25) is 4.99 Å². The Morgan fingerprint density at radius 3 is 2.93 bits per heavy atom. The topological polar surface area (TPSA) is 67.6 Å². The van der Waals surface area contributed by atoms with Gasteiger partial charge in [0.25, 0.3) is 0 Å². The Bertz CT molecular complexity index is 754. The predicted molar refractivity (Wildman–Crippen MR) is 107 cm³/mol. The second-order valence-corrected chi connectivity index (χ2v) is 7.00. The molecular weight excluding hydrogens is 359 g/mol. The van der Waals surface area contributed by atoms with Crippen LogP contribution in [0.15, 0.2) is 35.6 Å². The number of aryl methyl sites for hydroxylation is 1. The van der Waals surface area contributed by atoms with Crippen molar-refractivity contribution in [2.75, 3.05) is 26.7 Å². The molecule has 28 heavy (non-hydrogen) atoms. The summed E-state index contributed by atoms with van der Waals surface area (Å²) in [6.07, 6.45) is 4.96. The van der Waals surface area contributed by atoms with Crippen LogP contribution in [0, 0.1) is 5.82 Å². The summed E-state index contributed by atoms with van der Waals surface area (Å²) in [7, 11) is 1.99. The van der Waals surface area contributed by atoms with Crippen molar-refractivity contribution in [3.8, 4) is 0 Å². The number of guanidine groups is 1. The largest absolute Gasteiger partial charge is 0.376 e. The highest BCUT2D eigenvalue weighted by atomic mass is 19.1. The molecule has 1 aromatic heterocycles. The number of benzene rings is 1. The minimum Gasteiger partial charge on any atom is -0.376 e. The molecular formula is C20H29FN6O. The van der Waals surface area contributed by atoms with Crippen molar-refractivity contribution in [3.05, 3.63) is 47.8 Å². The van der Waals surface area contributed by atoms with Crippen molar-refractivity contribution in [3.63, 3.8) is 0 Å². The molecule has 0 radical (unpaired) electrons. The van der Waals surface area contributed by atoms with Crippen molar-refractivity contribution in [1.82, 2.24) is 25.0 Å². The number of nitrogens with zero attached hydrogens (tertiary/aromatic N) is 5. The van der Waals surface area contributed by atoms with Gasteiger partial charge in [-0.1, -0.05) is 19.1 Å². The smallest absolute Gasteiger partial charge is 0.194 e. The minimum absolute atomic E-state index is 0.195. The van der Waals surface area contributed by atoms with Gasteiger partial charge >= 0.3 is 0 Å². The molecule has 2 heterocycles. The fourth-order valence-electron chi connectivity index (χ4n) is 3.25. The molecule has 3 rings (SSSR count). The minimum atomic E-state index is -0.225. The van der Waals surface area contributed by atoms with Crippen LogP contribution >= 0.6 is 0 Å². The molecule has 1 fully saturated rings. The first-order valence-corrected chi connectivity index (χ1v) is 9.88. The molecule has 0 bridgehead atoms. The summed E-state index contributed by atoms with van der Waals surface area (Å²) in [5, 5.41) is 11.5. The summed E-state index contributed by atoms with van der Waals surface area (Å²) in [6.45, 7) is 5.65. The predicted octanol–water partition coefficient (Wildman–Crippen LogP) is 2.24. The molecule has 2 aromatic rings. The van der Waals surface area contributed by atoms with Gasteiger partial charge in [0.05, 0.1) is 12.6 Å². The summed E-state index contributed by atoms with van der Waals surface area (Å²) in [6, 6.07) is 6.57. The van der Waals surface area contributed by atoms with E-state index in [1.807, 2.05) is 11.6 Å². The second-order valence-electron chi connectivity index (χ2n) is 7.00. The highest BCUT2D eigenvalue weighted by molar-refractivity contribution is 5.79. The van der Waals surface area contributed by atoms with E-state index in [-0.39, 0.29) is 11.9 Å². The fourth-order valence-corrected chi connectivity index (χ4v) is 3.25. The number of halogens is 1. The number of aliphatic imine (C=N–C) groups is 1. The molecule has 0 spiro atoms. The van der Waals surface area contributed by atoms with E-state index in [0.717, 1.165) is 49.8 Å². The van der Waals surface area contributed by atoms with E-state index in [0.29, 0.717) is 19.6 Å². The first kappa shape index (κ1) is 20.3. The average Bonchev–Trinajstić information content (AvgIpc) is 3.37. The van der Waals surface area contributed by atoms with Crippen molar-refractivity contribution >= 4 is 5.96 Å². The van der Waals surface area contributed by atoms with Crippen molar-refractivity contribution in [2.45, 2.75) is 45.4 Å². The van der Waals surface area contributed by atoms with Crippen LogP contribution in [0.1, 0.15) is 31.2 Å². The monoisotopic (exact) mass is 388 g/mol. The Morgan fingerprint density at radius 2 is 2.21 bits per heavy atom.